The number of carboxylic acids is 1. The van der Waals surface area contributed by atoms with Crippen LogP contribution >= 0.6 is 0 Å². The van der Waals surface area contributed by atoms with E-state index in [1.807, 2.05) is 51.1 Å². The van der Waals surface area contributed by atoms with E-state index in [2.05, 4.69) is 11.2 Å². The lowest BCUT2D eigenvalue weighted by Gasteiger charge is -2.41. The van der Waals surface area contributed by atoms with Crippen LogP contribution in [0.2, 0.25) is 0 Å². The van der Waals surface area contributed by atoms with E-state index in [0.29, 0.717) is 31.7 Å². The van der Waals surface area contributed by atoms with Gasteiger partial charge < -0.3 is 19.6 Å². The predicted molar refractivity (Wildman–Crippen MR) is 119 cm³/mol. The minimum Gasteiger partial charge on any atom is -0.477 e. The van der Waals surface area contributed by atoms with Crippen molar-refractivity contribution in [2.75, 3.05) is 25.0 Å². The average molecular weight is 440 g/mol. The SMILES string of the molecule is CN(c1ccccc1)c1nn(C2(CC#N)CCN(C(=O)OC(C)(C)C)CC2)cc1C(=O)O. The third kappa shape index (κ3) is 4.85. The predicted octanol–water partition coefficient (Wildman–Crippen LogP) is 3.99. The summed E-state index contributed by atoms with van der Waals surface area (Å²) in [7, 11) is 1.76. The number of amides is 1. The fourth-order valence-corrected chi connectivity index (χ4v) is 3.85. The Morgan fingerprint density at radius 1 is 1.25 bits per heavy atom. The van der Waals surface area contributed by atoms with Crippen LogP contribution in [0.25, 0.3) is 0 Å². The molecule has 2 heterocycles. The molecular formula is C23H29N5O4. The van der Waals surface area contributed by atoms with Crippen molar-refractivity contribution in [1.29, 1.82) is 5.26 Å². The number of carbonyl (C=O) groups is 2. The zero-order valence-corrected chi connectivity index (χ0v) is 18.9. The Morgan fingerprint density at radius 3 is 2.41 bits per heavy atom. The van der Waals surface area contributed by atoms with Crippen molar-refractivity contribution in [2.24, 2.45) is 0 Å². The molecule has 1 aliphatic rings. The molecule has 1 aliphatic heterocycles. The molecule has 1 N–H and O–H groups in total. The minimum absolute atomic E-state index is 0.0586. The summed E-state index contributed by atoms with van der Waals surface area (Å²) in [6.45, 7) is 6.23. The van der Waals surface area contributed by atoms with E-state index in [1.165, 1.54) is 6.20 Å². The lowest BCUT2D eigenvalue weighted by Crippen LogP contribution is -2.49. The van der Waals surface area contributed by atoms with Crippen LogP contribution in [0.5, 0.6) is 0 Å². The maximum absolute atomic E-state index is 12.4. The molecule has 0 aliphatic carbocycles. The lowest BCUT2D eigenvalue weighted by molar-refractivity contribution is 0.0105. The van der Waals surface area contributed by atoms with Crippen LogP contribution in [0.4, 0.5) is 16.3 Å². The van der Waals surface area contributed by atoms with E-state index in [1.54, 1.807) is 21.5 Å². The van der Waals surface area contributed by atoms with Crippen LogP contribution in [0.1, 0.15) is 50.4 Å². The lowest BCUT2D eigenvalue weighted by atomic mass is 9.85. The normalized spacial score (nSPS) is 15.7. The molecule has 1 saturated heterocycles. The molecule has 170 valence electrons. The number of anilines is 2. The summed E-state index contributed by atoms with van der Waals surface area (Å²) in [6, 6.07) is 11.6. The highest BCUT2D eigenvalue weighted by Crippen LogP contribution is 2.36. The van der Waals surface area contributed by atoms with Crippen molar-refractivity contribution in [3.05, 3.63) is 42.1 Å². The Labute approximate surface area is 187 Å². The number of piperidine rings is 1. The van der Waals surface area contributed by atoms with Gasteiger partial charge in [0.1, 0.15) is 11.2 Å². The largest absolute Gasteiger partial charge is 0.477 e. The first-order valence-electron chi connectivity index (χ1n) is 10.5. The zero-order chi connectivity index (χ0) is 23.5. The first kappa shape index (κ1) is 23.1. The van der Waals surface area contributed by atoms with Gasteiger partial charge in [-0.3, -0.25) is 4.68 Å². The molecule has 0 unspecified atom stereocenters. The Hall–Kier alpha value is -3.54. The number of hydrogen-bond acceptors (Lipinski definition) is 6. The molecular weight excluding hydrogens is 410 g/mol. The number of carboxylic acid groups (broad SMARTS) is 1. The number of aromatic nitrogens is 2. The average Bonchev–Trinajstić information content (AvgIpc) is 3.20. The number of carbonyl (C=O) groups excluding carboxylic acids is 1. The van der Waals surface area contributed by atoms with Crippen molar-refractivity contribution in [2.45, 2.75) is 51.2 Å². The van der Waals surface area contributed by atoms with Gasteiger partial charge in [0, 0.05) is 32.0 Å². The standard InChI is InChI=1S/C23H29N5O4/c1-22(2,3)32-21(31)27-14-11-23(10-13-24,12-15-27)28-16-18(20(29)30)19(25-28)26(4)17-8-6-5-7-9-17/h5-9,16H,10-12,14-15H2,1-4H3,(H,29,30). The Balaban J connectivity index is 1.90. The van der Waals surface area contributed by atoms with Crippen molar-refractivity contribution < 1.29 is 19.4 Å². The van der Waals surface area contributed by atoms with E-state index in [0.717, 1.165) is 5.69 Å². The van der Waals surface area contributed by atoms with Crippen LogP contribution in [0.15, 0.2) is 36.5 Å². The summed E-state index contributed by atoms with van der Waals surface area (Å²) in [6.07, 6.45) is 2.20. The molecule has 9 heteroatoms. The smallest absolute Gasteiger partial charge is 0.410 e. The van der Waals surface area contributed by atoms with E-state index < -0.39 is 17.1 Å². The number of aromatic carboxylic acids is 1. The van der Waals surface area contributed by atoms with E-state index >= 15 is 0 Å². The number of hydrogen-bond donors (Lipinski definition) is 1. The highest BCUT2D eigenvalue weighted by atomic mass is 16.6. The van der Waals surface area contributed by atoms with Crippen molar-refractivity contribution in [3.63, 3.8) is 0 Å². The molecule has 0 spiro atoms. The topological polar surface area (TPSA) is 112 Å². The molecule has 1 fully saturated rings. The molecule has 1 aromatic heterocycles. The molecule has 0 bridgehead atoms. The van der Waals surface area contributed by atoms with E-state index in [9.17, 15) is 20.0 Å². The first-order chi connectivity index (χ1) is 15.1. The van der Waals surface area contributed by atoms with Gasteiger partial charge in [-0.2, -0.15) is 10.4 Å². The molecule has 1 amide bonds. The molecule has 9 nitrogen and oxygen atoms in total. The number of nitrogens with zero attached hydrogens (tertiary/aromatic N) is 5. The molecule has 1 aromatic carbocycles. The monoisotopic (exact) mass is 439 g/mol. The van der Waals surface area contributed by atoms with Gasteiger partial charge in [0.25, 0.3) is 0 Å². The van der Waals surface area contributed by atoms with E-state index in [-0.39, 0.29) is 18.1 Å². The fourth-order valence-electron chi connectivity index (χ4n) is 3.85. The minimum atomic E-state index is -1.09. The Bertz CT molecular complexity index is 1010. The van der Waals surface area contributed by atoms with Gasteiger partial charge in [-0.25, -0.2) is 9.59 Å². The van der Waals surface area contributed by atoms with Crippen molar-refractivity contribution in [3.8, 4) is 6.07 Å². The maximum atomic E-state index is 12.4. The number of nitriles is 1. The van der Waals surface area contributed by atoms with Crippen LogP contribution in [-0.4, -0.2) is 57.6 Å². The van der Waals surface area contributed by atoms with Gasteiger partial charge in [-0.05, 0) is 45.7 Å². The van der Waals surface area contributed by atoms with Gasteiger partial charge in [0.15, 0.2) is 5.82 Å². The third-order valence-electron chi connectivity index (χ3n) is 5.63. The summed E-state index contributed by atoms with van der Waals surface area (Å²) >= 11 is 0. The summed E-state index contributed by atoms with van der Waals surface area (Å²) in [4.78, 5) is 27.8. The van der Waals surface area contributed by atoms with Crippen molar-refractivity contribution in [1.82, 2.24) is 14.7 Å². The Kier molecular flexibility index (Phi) is 6.44. The molecule has 0 saturated carbocycles. The molecule has 2 aromatic rings. The molecule has 3 rings (SSSR count). The fraction of sp³-hybridized carbons (Fsp3) is 0.478. The van der Waals surface area contributed by atoms with Crippen molar-refractivity contribution >= 4 is 23.6 Å². The second-order valence-electron chi connectivity index (χ2n) is 9.04. The highest BCUT2D eigenvalue weighted by Gasteiger charge is 2.40. The van der Waals surface area contributed by atoms with Crippen LogP contribution in [0.3, 0.4) is 0 Å². The van der Waals surface area contributed by atoms with Gasteiger partial charge in [-0.15, -0.1) is 0 Å². The summed E-state index contributed by atoms with van der Waals surface area (Å²) in [5.74, 6) is -0.789. The van der Waals surface area contributed by atoms with Gasteiger partial charge in [0.05, 0.1) is 18.0 Å². The van der Waals surface area contributed by atoms with Crippen LogP contribution in [-0.2, 0) is 10.3 Å². The number of rotatable bonds is 5. The Morgan fingerprint density at radius 2 is 1.88 bits per heavy atom. The second-order valence-corrected chi connectivity index (χ2v) is 9.04. The summed E-state index contributed by atoms with van der Waals surface area (Å²) in [5.41, 5.74) is -0.432. The van der Waals surface area contributed by atoms with Gasteiger partial charge >= 0.3 is 12.1 Å². The number of para-hydroxylation sites is 1. The summed E-state index contributed by atoms with van der Waals surface area (Å²) < 4.78 is 7.07. The maximum Gasteiger partial charge on any atom is 0.410 e. The third-order valence-corrected chi connectivity index (χ3v) is 5.63. The molecule has 0 atom stereocenters. The second kappa shape index (κ2) is 8.91. The van der Waals surface area contributed by atoms with Crippen LogP contribution < -0.4 is 4.90 Å². The number of ether oxygens (including phenoxy) is 1. The molecule has 0 radical (unpaired) electrons. The number of benzene rings is 1. The number of likely N-dealkylation sites (tertiary alicyclic amines) is 1. The summed E-state index contributed by atoms with van der Waals surface area (Å²) in [5, 5.41) is 23.9. The zero-order valence-electron chi connectivity index (χ0n) is 18.9. The van der Waals surface area contributed by atoms with Gasteiger partial charge in [0.2, 0.25) is 0 Å². The highest BCUT2D eigenvalue weighted by molar-refractivity contribution is 5.94. The first-order valence-corrected chi connectivity index (χ1v) is 10.5. The van der Waals surface area contributed by atoms with E-state index in [4.69, 9.17) is 4.74 Å². The van der Waals surface area contributed by atoms with Crippen LogP contribution in [0, 0.1) is 11.3 Å². The molecule has 32 heavy (non-hydrogen) atoms. The van der Waals surface area contributed by atoms with Gasteiger partial charge in [-0.1, -0.05) is 18.2 Å². The quantitative estimate of drug-likeness (QED) is 0.750.